The van der Waals surface area contributed by atoms with Gasteiger partial charge in [0.1, 0.15) is 11.6 Å². The highest BCUT2D eigenvalue weighted by atomic mass is 79.9. The van der Waals surface area contributed by atoms with Crippen molar-refractivity contribution in [3.8, 4) is 11.6 Å². The standard InChI is InChI=1S/C12H10BrFN2O/c1-7-6-15-8(2)12(16-7)17-9-3-4-11(14)10(13)5-9/h3-6H,1-2H3. The molecule has 0 spiro atoms. The molecular weight excluding hydrogens is 287 g/mol. The second-order valence-electron chi connectivity index (χ2n) is 3.58. The maximum absolute atomic E-state index is 13.1. The lowest BCUT2D eigenvalue weighted by molar-refractivity contribution is 0.451. The number of rotatable bonds is 2. The molecule has 1 aromatic carbocycles. The van der Waals surface area contributed by atoms with E-state index in [1.807, 2.05) is 6.92 Å². The van der Waals surface area contributed by atoms with Gasteiger partial charge in [0, 0.05) is 6.20 Å². The maximum atomic E-state index is 13.1. The Morgan fingerprint density at radius 2 is 2.06 bits per heavy atom. The van der Waals surface area contributed by atoms with Crippen molar-refractivity contribution in [3.63, 3.8) is 0 Å². The van der Waals surface area contributed by atoms with Crippen LogP contribution in [0, 0.1) is 19.7 Å². The Balaban J connectivity index is 2.31. The van der Waals surface area contributed by atoms with Crippen molar-refractivity contribution >= 4 is 15.9 Å². The second kappa shape index (κ2) is 4.79. The quantitative estimate of drug-likeness (QED) is 0.846. The van der Waals surface area contributed by atoms with Gasteiger partial charge < -0.3 is 4.74 Å². The summed E-state index contributed by atoms with van der Waals surface area (Å²) >= 11 is 3.10. The first-order valence-electron chi connectivity index (χ1n) is 4.99. The molecule has 0 amide bonds. The van der Waals surface area contributed by atoms with Crippen LogP contribution in [0.15, 0.2) is 28.9 Å². The molecule has 0 saturated heterocycles. The predicted molar refractivity (Wildman–Crippen MR) is 65.7 cm³/mol. The summed E-state index contributed by atoms with van der Waals surface area (Å²) in [5.74, 6) is 0.620. The van der Waals surface area contributed by atoms with Crippen molar-refractivity contribution in [2.75, 3.05) is 0 Å². The zero-order valence-corrected chi connectivity index (χ0v) is 11.0. The molecule has 0 N–H and O–H groups in total. The third kappa shape index (κ3) is 2.79. The van der Waals surface area contributed by atoms with Crippen LogP contribution in [-0.4, -0.2) is 9.97 Å². The van der Waals surface area contributed by atoms with Crippen LogP contribution in [0.4, 0.5) is 4.39 Å². The van der Waals surface area contributed by atoms with Crippen LogP contribution < -0.4 is 4.74 Å². The summed E-state index contributed by atoms with van der Waals surface area (Å²) < 4.78 is 19.0. The Labute approximate surface area is 107 Å². The Hall–Kier alpha value is -1.49. The summed E-state index contributed by atoms with van der Waals surface area (Å²) in [6, 6.07) is 4.43. The summed E-state index contributed by atoms with van der Waals surface area (Å²) in [5.41, 5.74) is 1.46. The number of benzene rings is 1. The van der Waals surface area contributed by atoms with Gasteiger partial charge in [0.2, 0.25) is 5.88 Å². The van der Waals surface area contributed by atoms with Gasteiger partial charge >= 0.3 is 0 Å². The van der Waals surface area contributed by atoms with Crippen molar-refractivity contribution in [2.24, 2.45) is 0 Å². The van der Waals surface area contributed by atoms with Crippen LogP contribution in [0.25, 0.3) is 0 Å². The molecule has 5 heteroatoms. The molecule has 0 bridgehead atoms. The fraction of sp³-hybridized carbons (Fsp3) is 0.167. The van der Waals surface area contributed by atoms with E-state index in [-0.39, 0.29) is 5.82 Å². The van der Waals surface area contributed by atoms with E-state index in [4.69, 9.17) is 4.74 Å². The molecule has 1 heterocycles. The fourth-order valence-corrected chi connectivity index (χ4v) is 1.62. The van der Waals surface area contributed by atoms with Crippen LogP contribution in [0.2, 0.25) is 0 Å². The lowest BCUT2D eigenvalue weighted by atomic mass is 10.3. The SMILES string of the molecule is Cc1cnc(C)c(Oc2ccc(F)c(Br)c2)n1. The van der Waals surface area contributed by atoms with Crippen molar-refractivity contribution in [2.45, 2.75) is 13.8 Å². The first-order chi connectivity index (χ1) is 8.06. The highest BCUT2D eigenvalue weighted by Crippen LogP contribution is 2.26. The van der Waals surface area contributed by atoms with Gasteiger partial charge in [-0.1, -0.05) is 0 Å². The van der Waals surface area contributed by atoms with E-state index in [2.05, 4.69) is 25.9 Å². The third-order valence-electron chi connectivity index (χ3n) is 2.14. The molecule has 2 aromatic rings. The van der Waals surface area contributed by atoms with Gasteiger partial charge in [0.25, 0.3) is 0 Å². The van der Waals surface area contributed by atoms with Crippen molar-refractivity contribution < 1.29 is 9.13 Å². The Bertz CT molecular complexity index is 560. The van der Waals surface area contributed by atoms with Gasteiger partial charge in [-0.3, -0.25) is 4.98 Å². The van der Waals surface area contributed by atoms with E-state index >= 15 is 0 Å². The minimum atomic E-state index is -0.329. The van der Waals surface area contributed by atoms with Crippen LogP contribution in [-0.2, 0) is 0 Å². The fourth-order valence-electron chi connectivity index (χ4n) is 1.26. The number of ether oxygens (including phenoxy) is 1. The normalized spacial score (nSPS) is 10.4. The minimum absolute atomic E-state index is 0.329. The van der Waals surface area contributed by atoms with Gasteiger partial charge in [0.05, 0.1) is 15.9 Å². The first kappa shape index (κ1) is 12.0. The lowest BCUT2D eigenvalue weighted by Crippen LogP contribution is -1.96. The topological polar surface area (TPSA) is 35.0 Å². The predicted octanol–water partition coefficient (Wildman–Crippen LogP) is 3.79. The van der Waals surface area contributed by atoms with Crippen LogP contribution in [0.3, 0.4) is 0 Å². The minimum Gasteiger partial charge on any atom is -0.437 e. The maximum Gasteiger partial charge on any atom is 0.241 e. The Morgan fingerprint density at radius 1 is 1.29 bits per heavy atom. The van der Waals surface area contributed by atoms with Gasteiger partial charge in [0.15, 0.2) is 0 Å². The number of aryl methyl sites for hydroxylation is 2. The number of nitrogens with zero attached hydrogens (tertiary/aromatic N) is 2. The molecule has 0 atom stereocenters. The zero-order valence-electron chi connectivity index (χ0n) is 9.37. The van der Waals surface area contributed by atoms with Crippen LogP contribution in [0.1, 0.15) is 11.4 Å². The molecule has 0 unspecified atom stereocenters. The molecule has 0 fully saturated rings. The van der Waals surface area contributed by atoms with Gasteiger partial charge in [-0.15, -0.1) is 0 Å². The summed E-state index contributed by atoms with van der Waals surface area (Å²) in [6.07, 6.45) is 1.67. The number of hydrogen-bond donors (Lipinski definition) is 0. The largest absolute Gasteiger partial charge is 0.437 e. The summed E-state index contributed by atoms with van der Waals surface area (Å²) in [7, 11) is 0. The summed E-state index contributed by atoms with van der Waals surface area (Å²) in [4.78, 5) is 8.37. The van der Waals surface area contributed by atoms with E-state index in [0.29, 0.717) is 21.8 Å². The van der Waals surface area contributed by atoms with Gasteiger partial charge in [-0.05, 0) is 48.0 Å². The highest BCUT2D eigenvalue weighted by molar-refractivity contribution is 9.10. The molecule has 0 aliphatic heterocycles. The Morgan fingerprint density at radius 3 is 2.76 bits per heavy atom. The van der Waals surface area contributed by atoms with E-state index in [0.717, 1.165) is 5.69 Å². The summed E-state index contributed by atoms with van der Waals surface area (Å²) in [5, 5.41) is 0. The molecule has 0 aliphatic carbocycles. The van der Waals surface area contributed by atoms with E-state index in [9.17, 15) is 4.39 Å². The number of hydrogen-bond acceptors (Lipinski definition) is 3. The number of halogens is 2. The zero-order chi connectivity index (χ0) is 12.4. The van der Waals surface area contributed by atoms with Crippen LogP contribution in [0.5, 0.6) is 11.6 Å². The molecule has 0 aliphatic rings. The van der Waals surface area contributed by atoms with E-state index in [1.54, 1.807) is 25.3 Å². The van der Waals surface area contributed by atoms with E-state index < -0.39 is 0 Å². The van der Waals surface area contributed by atoms with Crippen molar-refractivity contribution in [3.05, 3.63) is 46.1 Å². The van der Waals surface area contributed by atoms with Gasteiger partial charge in [-0.25, -0.2) is 9.37 Å². The lowest BCUT2D eigenvalue weighted by Gasteiger charge is -2.08. The Kier molecular flexibility index (Phi) is 3.38. The molecule has 0 saturated carbocycles. The van der Waals surface area contributed by atoms with E-state index in [1.165, 1.54) is 6.07 Å². The molecule has 3 nitrogen and oxygen atoms in total. The first-order valence-corrected chi connectivity index (χ1v) is 5.78. The number of aromatic nitrogens is 2. The molecule has 0 radical (unpaired) electrons. The monoisotopic (exact) mass is 296 g/mol. The van der Waals surface area contributed by atoms with Crippen LogP contribution >= 0.6 is 15.9 Å². The average Bonchev–Trinajstić information content (AvgIpc) is 2.29. The highest BCUT2D eigenvalue weighted by Gasteiger charge is 2.07. The van der Waals surface area contributed by atoms with Crippen molar-refractivity contribution in [1.29, 1.82) is 0 Å². The molecular formula is C12H10BrFN2O. The second-order valence-corrected chi connectivity index (χ2v) is 4.43. The third-order valence-corrected chi connectivity index (χ3v) is 2.75. The smallest absolute Gasteiger partial charge is 0.241 e. The molecule has 1 aromatic heterocycles. The molecule has 17 heavy (non-hydrogen) atoms. The van der Waals surface area contributed by atoms with Gasteiger partial charge in [-0.2, -0.15) is 0 Å². The molecule has 2 rings (SSSR count). The summed E-state index contributed by atoms with van der Waals surface area (Å²) in [6.45, 7) is 3.64. The molecule has 88 valence electrons. The van der Waals surface area contributed by atoms with Crippen molar-refractivity contribution in [1.82, 2.24) is 9.97 Å². The average molecular weight is 297 g/mol.